The van der Waals surface area contributed by atoms with Gasteiger partial charge in [0, 0.05) is 12.2 Å². The van der Waals surface area contributed by atoms with Crippen LogP contribution in [0.4, 0.5) is 5.69 Å². The molecule has 2 aromatic rings. The van der Waals surface area contributed by atoms with E-state index in [0.29, 0.717) is 0 Å². The fraction of sp³-hybridized carbons (Fsp3) is 0.250. The summed E-state index contributed by atoms with van der Waals surface area (Å²) < 4.78 is 7.21. The molecule has 0 aliphatic heterocycles. The average Bonchev–Trinajstić information content (AvgIpc) is 2.45. The van der Waals surface area contributed by atoms with Gasteiger partial charge >= 0.3 is 0 Å². The molecule has 106 valence electrons. The van der Waals surface area contributed by atoms with Crippen molar-refractivity contribution in [3.05, 3.63) is 56.5 Å². The molecule has 0 bridgehead atoms. The van der Waals surface area contributed by atoms with E-state index in [0.717, 1.165) is 33.3 Å². The summed E-state index contributed by atoms with van der Waals surface area (Å²) in [6.45, 7) is 2.94. The third-order valence-electron chi connectivity index (χ3n) is 3.09. The molecule has 2 nitrogen and oxygen atoms in total. The van der Waals surface area contributed by atoms with Gasteiger partial charge in [-0.1, -0.05) is 19.1 Å². The van der Waals surface area contributed by atoms with E-state index in [9.17, 15) is 0 Å². The molecule has 2 aromatic carbocycles. The molecule has 0 fully saturated rings. The molecule has 0 amide bonds. The third kappa shape index (κ3) is 3.76. The van der Waals surface area contributed by atoms with Crippen LogP contribution in [0, 0.1) is 0 Å². The molecule has 0 unspecified atom stereocenters. The molecule has 0 spiro atoms. The van der Waals surface area contributed by atoms with Gasteiger partial charge in [-0.25, -0.2) is 0 Å². The number of nitrogens with one attached hydrogen (secondary N) is 1. The Labute approximate surface area is 136 Å². The predicted octanol–water partition coefficient (Wildman–Crippen LogP) is 5.39. The lowest BCUT2D eigenvalue weighted by atomic mass is 10.1. The molecule has 0 saturated carbocycles. The SMILES string of the molecule is CCc1cccc(NCc2cc(Br)c(OC)c(Br)c2)c1. The molecule has 4 heteroatoms. The zero-order chi connectivity index (χ0) is 14.5. The van der Waals surface area contributed by atoms with Crippen LogP contribution in [0.25, 0.3) is 0 Å². The molecule has 2 rings (SSSR count). The summed E-state index contributed by atoms with van der Waals surface area (Å²) in [5.74, 6) is 0.821. The van der Waals surface area contributed by atoms with E-state index >= 15 is 0 Å². The third-order valence-corrected chi connectivity index (χ3v) is 4.27. The minimum atomic E-state index is 0.772. The maximum absolute atomic E-state index is 5.31. The highest BCUT2D eigenvalue weighted by Crippen LogP contribution is 2.34. The minimum Gasteiger partial charge on any atom is -0.494 e. The number of halogens is 2. The van der Waals surface area contributed by atoms with Crippen molar-refractivity contribution < 1.29 is 4.74 Å². The highest BCUT2D eigenvalue weighted by Gasteiger charge is 2.07. The first-order valence-corrected chi connectivity index (χ1v) is 8.07. The van der Waals surface area contributed by atoms with Gasteiger partial charge < -0.3 is 10.1 Å². The van der Waals surface area contributed by atoms with Gasteiger partial charge in [0.2, 0.25) is 0 Å². The summed E-state index contributed by atoms with van der Waals surface area (Å²) in [5.41, 5.74) is 3.67. The van der Waals surface area contributed by atoms with Crippen molar-refractivity contribution >= 4 is 37.5 Å². The Hall–Kier alpha value is -1.00. The van der Waals surface area contributed by atoms with Crippen molar-refractivity contribution in [2.45, 2.75) is 19.9 Å². The van der Waals surface area contributed by atoms with E-state index in [-0.39, 0.29) is 0 Å². The summed E-state index contributed by atoms with van der Waals surface area (Å²) in [5, 5.41) is 3.45. The van der Waals surface area contributed by atoms with Crippen LogP contribution in [-0.2, 0) is 13.0 Å². The minimum absolute atomic E-state index is 0.772. The summed E-state index contributed by atoms with van der Waals surface area (Å²) in [6, 6.07) is 12.6. The predicted molar refractivity (Wildman–Crippen MR) is 91.5 cm³/mol. The van der Waals surface area contributed by atoms with Crippen LogP contribution in [0.15, 0.2) is 45.3 Å². The largest absolute Gasteiger partial charge is 0.494 e. The van der Waals surface area contributed by atoms with Crippen molar-refractivity contribution in [2.24, 2.45) is 0 Å². The Balaban J connectivity index is 2.10. The lowest BCUT2D eigenvalue weighted by Gasteiger charge is -2.11. The van der Waals surface area contributed by atoms with Crippen molar-refractivity contribution in [1.29, 1.82) is 0 Å². The number of benzene rings is 2. The first-order valence-electron chi connectivity index (χ1n) is 6.48. The number of ether oxygens (including phenoxy) is 1. The highest BCUT2D eigenvalue weighted by molar-refractivity contribution is 9.11. The van der Waals surface area contributed by atoms with Crippen molar-refractivity contribution in [3.63, 3.8) is 0 Å². The number of anilines is 1. The lowest BCUT2D eigenvalue weighted by Crippen LogP contribution is -2.00. The van der Waals surface area contributed by atoms with Crippen molar-refractivity contribution in [1.82, 2.24) is 0 Å². The van der Waals surface area contributed by atoms with Gasteiger partial charge in [0.1, 0.15) is 5.75 Å². The fourth-order valence-corrected chi connectivity index (χ4v) is 3.62. The molecular weight excluding hydrogens is 382 g/mol. The lowest BCUT2D eigenvalue weighted by molar-refractivity contribution is 0.409. The van der Waals surface area contributed by atoms with Crippen LogP contribution in [-0.4, -0.2) is 7.11 Å². The number of hydrogen-bond acceptors (Lipinski definition) is 2. The molecule has 0 aliphatic carbocycles. The quantitative estimate of drug-likeness (QED) is 0.728. The maximum Gasteiger partial charge on any atom is 0.147 e. The molecule has 0 radical (unpaired) electrons. The second-order valence-electron chi connectivity index (χ2n) is 4.50. The van der Waals surface area contributed by atoms with Crippen LogP contribution >= 0.6 is 31.9 Å². The van der Waals surface area contributed by atoms with Crippen LogP contribution in [0.5, 0.6) is 5.75 Å². The summed E-state index contributed by atoms with van der Waals surface area (Å²) >= 11 is 7.05. The monoisotopic (exact) mass is 397 g/mol. The Morgan fingerprint density at radius 1 is 1.05 bits per heavy atom. The number of aryl methyl sites for hydroxylation is 1. The van der Waals surface area contributed by atoms with E-state index in [4.69, 9.17) is 4.74 Å². The molecule has 0 heterocycles. The number of hydrogen-bond donors (Lipinski definition) is 1. The zero-order valence-corrected chi connectivity index (χ0v) is 14.7. The van der Waals surface area contributed by atoms with E-state index in [2.05, 4.69) is 80.5 Å². The topological polar surface area (TPSA) is 21.3 Å². The normalized spacial score (nSPS) is 10.4. The van der Waals surface area contributed by atoms with Gasteiger partial charge in [-0.15, -0.1) is 0 Å². The standard InChI is InChI=1S/C16H17Br2NO/c1-3-11-5-4-6-13(7-11)19-10-12-8-14(17)16(20-2)15(18)9-12/h4-9,19H,3,10H2,1-2H3. The van der Waals surface area contributed by atoms with Gasteiger partial charge in [-0.2, -0.15) is 0 Å². The van der Waals surface area contributed by atoms with E-state index in [1.54, 1.807) is 7.11 Å². The maximum atomic E-state index is 5.31. The van der Waals surface area contributed by atoms with Gasteiger partial charge in [-0.3, -0.25) is 0 Å². The zero-order valence-electron chi connectivity index (χ0n) is 11.5. The molecule has 0 atom stereocenters. The average molecular weight is 399 g/mol. The van der Waals surface area contributed by atoms with E-state index in [1.165, 1.54) is 11.1 Å². The Morgan fingerprint density at radius 2 is 1.75 bits per heavy atom. The van der Waals surface area contributed by atoms with Crippen LogP contribution < -0.4 is 10.1 Å². The first kappa shape index (κ1) is 15.4. The molecular formula is C16H17Br2NO. The van der Waals surface area contributed by atoms with Crippen LogP contribution in [0.3, 0.4) is 0 Å². The molecule has 0 aromatic heterocycles. The van der Waals surface area contributed by atoms with Gasteiger partial charge in [0.05, 0.1) is 16.1 Å². The molecule has 1 N–H and O–H groups in total. The van der Waals surface area contributed by atoms with E-state index in [1.807, 2.05) is 0 Å². The summed E-state index contributed by atoms with van der Waals surface area (Å²) in [4.78, 5) is 0. The van der Waals surface area contributed by atoms with Crippen molar-refractivity contribution in [3.8, 4) is 5.75 Å². The number of methoxy groups -OCH3 is 1. The molecule has 0 saturated heterocycles. The Kier molecular flexibility index (Phi) is 5.49. The highest BCUT2D eigenvalue weighted by atomic mass is 79.9. The van der Waals surface area contributed by atoms with Gasteiger partial charge in [0.25, 0.3) is 0 Å². The molecule has 0 aliphatic rings. The Morgan fingerprint density at radius 3 is 2.35 bits per heavy atom. The van der Waals surface area contributed by atoms with Crippen LogP contribution in [0.2, 0.25) is 0 Å². The van der Waals surface area contributed by atoms with Crippen molar-refractivity contribution in [2.75, 3.05) is 12.4 Å². The second-order valence-corrected chi connectivity index (χ2v) is 6.21. The second kappa shape index (κ2) is 7.14. The first-order chi connectivity index (χ1) is 9.63. The Bertz CT molecular complexity index is 576. The number of rotatable bonds is 5. The van der Waals surface area contributed by atoms with Gasteiger partial charge in [-0.05, 0) is 73.7 Å². The summed E-state index contributed by atoms with van der Waals surface area (Å²) in [6.07, 6.45) is 1.05. The van der Waals surface area contributed by atoms with Gasteiger partial charge in [0.15, 0.2) is 0 Å². The summed E-state index contributed by atoms with van der Waals surface area (Å²) in [7, 11) is 1.67. The van der Waals surface area contributed by atoms with E-state index < -0.39 is 0 Å². The fourth-order valence-electron chi connectivity index (χ4n) is 2.01. The smallest absolute Gasteiger partial charge is 0.147 e. The molecule has 20 heavy (non-hydrogen) atoms. The van der Waals surface area contributed by atoms with Crippen LogP contribution in [0.1, 0.15) is 18.1 Å².